The molecule has 30 heavy (non-hydrogen) atoms. The maximum absolute atomic E-state index is 12.0. The van der Waals surface area contributed by atoms with Crippen molar-refractivity contribution in [2.45, 2.75) is 62.9 Å². The van der Waals surface area contributed by atoms with Crippen molar-refractivity contribution in [2.75, 3.05) is 7.11 Å². The zero-order valence-corrected chi connectivity index (χ0v) is 18.0. The molecule has 0 radical (unpaired) electrons. The van der Waals surface area contributed by atoms with Gasteiger partial charge in [-0.3, -0.25) is 4.79 Å². The van der Waals surface area contributed by atoms with Crippen LogP contribution >= 0.6 is 11.3 Å². The van der Waals surface area contributed by atoms with Crippen molar-refractivity contribution >= 4 is 17.1 Å². The molecule has 2 aliphatic rings. The predicted molar refractivity (Wildman–Crippen MR) is 117 cm³/mol. The summed E-state index contributed by atoms with van der Waals surface area (Å²) >= 11 is 1.40. The van der Waals surface area contributed by atoms with Gasteiger partial charge in [0.05, 0.1) is 18.6 Å². The Kier molecular flexibility index (Phi) is 6.11. The Morgan fingerprint density at radius 1 is 1.13 bits per heavy atom. The van der Waals surface area contributed by atoms with Gasteiger partial charge >= 0.3 is 0 Å². The molecular weight excluding hydrogens is 394 g/mol. The molecule has 154 valence electrons. The predicted octanol–water partition coefficient (Wildman–Crippen LogP) is 5.38. The summed E-state index contributed by atoms with van der Waals surface area (Å²) in [5.74, 6) is 8.55. The lowest BCUT2D eigenvalue weighted by Gasteiger charge is -2.33. The Bertz CT molecular complexity index is 1020. The molecular formula is C25H25NO3S. The Morgan fingerprint density at radius 3 is 2.57 bits per heavy atom. The molecule has 0 spiro atoms. The van der Waals surface area contributed by atoms with E-state index in [1.165, 1.54) is 24.2 Å². The molecule has 2 aliphatic carbocycles. The first-order valence-corrected chi connectivity index (χ1v) is 11.4. The van der Waals surface area contributed by atoms with E-state index < -0.39 is 5.41 Å². The van der Waals surface area contributed by atoms with Crippen LogP contribution in [0.15, 0.2) is 29.6 Å². The second kappa shape index (κ2) is 8.94. The maximum Gasteiger partial charge on any atom is 0.161 e. The minimum atomic E-state index is -0.400. The molecule has 4 rings (SSSR count). The lowest BCUT2D eigenvalue weighted by Crippen LogP contribution is -2.30. The number of Topliss-reactive ketones (excluding diaryl/α,β-unsaturated/α-hetero) is 1. The number of hydrogen-bond acceptors (Lipinski definition) is 5. The smallest absolute Gasteiger partial charge is 0.161 e. The molecule has 1 aromatic carbocycles. The van der Waals surface area contributed by atoms with E-state index in [1.807, 2.05) is 17.5 Å². The van der Waals surface area contributed by atoms with E-state index in [0.29, 0.717) is 36.3 Å². The van der Waals surface area contributed by atoms with Crippen LogP contribution in [0.25, 0.3) is 0 Å². The summed E-state index contributed by atoms with van der Waals surface area (Å²) in [7, 11) is 1.66. The van der Waals surface area contributed by atoms with E-state index in [1.54, 1.807) is 7.11 Å². The monoisotopic (exact) mass is 419 g/mol. The van der Waals surface area contributed by atoms with Crippen LogP contribution in [0.5, 0.6) is 11.5 Å². The third-order valence-corrected chi connectivity index (χ3v) is 6.96. The minimum absolute atomic E-state index is 0.235. The second-order valence-electron chi connectivity index (χ2n) is 8.07. The SMILES string of the molecule is COc1ccc(C2(C#Cc3csc(C#N)c3)CCC(=O)CC2)cc1OC1CCCC1. The summed E-state index contributed by atoms with van der Waals surface area (Å²) in [5, 5.41) is 11.0. The summed E-state index contributed by atoms with van der Waals surface area (Å²) in [5.41, 5.74) is 1.53. The highest BCUT2D eigenvalue weighted by Gasteiger charge is 2.36. The number of carbonyl (C=O) groups is 1. The van der Waals surface area contributed by atoms with Crippen molar-refractivity contribution in [3.8, 4) is 29.4 Å². The van der Waals surface area contributed by atoms with E-state index in [9.17, 15) is 4.79 Å². The van der Waals surface area contributed by atoms with Gasteiger partial charge in [-0.05, 0) is 62.3 Å². The summed E-state index contributed by atoms with van der Waals surface area (Å²) in [6.07, 6.45) is 7.26. The van der Waals surface area contributed by atoms with Crippen LogP contribution in [-0.2, 0) is 10.2 Å². The van der Waals surface area contributed by atoms with Gasteiger partial charge in [-0.1, -0.05) is 17.9 Å². The molecule has 2 aromatic rings. The maximum atomic E-state index is 12.0. The molecule has 0 amide bonds. The Morgan fingerprint density at radius 2 is 1.90 bits per heavy atom. The van der Waals surface area contributed by atoms with E-state index in [2.05, 4.69) is 30.0 Å². The highest BCUT2D eigenvalue weighted by atomic mass is 32.1. The normalized spacial score (nSPS) is 18.3. The van der Waals surface area contributed by atoms with Crippen molar-refractivity contribution in [3.05, 3.63) is 45.6 Å². The van der Waals surface area contributed by atoms with Gasteiger partial charge < -0.3 is 9.47 Å². The van der Waals surface area contributed by atoms with Crippen LogP contribution in [-0.4, -0.2) is 19.0 Å². The van der Waals surface area contributed by atoms with Crippen molar-refractivity contribution in [3.63, 3.8) is 0 Å². The van der Waals surface area contributed by atoms with Crippen LogP contribution in [0, 0.1) is 23.2 Å². The third-order valence-electron chi connectivity index (χ3n) is 6.13. The first-order valence-electron chi connectivity index (χ1n) is 10.5. The third kappa shape index (κ3) is 4.37. The summed E-state index contributed by atoms with van der Waals surface area (Å²) in [6, 6.07) is 10.1. The first-order chi connectivity index (χ1) is 14.6. The number of thiophene rings is 1. The molecule has 2 saturated carbocycles. The van der Waals surface area contributed by atoms with Crippen molar-refractivity contribution < 1.29 is 14.3 Å². The molecule has 0 atom stereocenters. The highest BCUT2D eigenvalue weighted by Crippen LogP contribution is 2.42. The number of carbonyl (C=O) groups excluding carboxylic acids is 1. The fourth-order valence-corrected chi connectivity index (χ4v) is 4.97. The van der Waals surface area contributed by atoms with Crippen LogP contribution in [0.4, 0.5) is 0 Å². The molecule has 0 bridgehead atoms. The highest BCUT2D eigenvalue weighted by molar-refractivity contribution is 7.10. The zero-order chi connectivity index (χ0) is 21.0. The van der Waals surface area contributed by atoms with E-state index in [-0.39, 0.29) is 6.10 Å². The van der Waals surface area contributed by atoms with Gasteiger partial charge in [-0.15, -0.1) is 11.3 Å². The quantitative estimate of drug-likeness (QED) is 0.624. The van der Waals surface area contributed by atoms with Gasteiger partial charge in [0.15, 0.2) is 11.5 Å². The molecule has 5 heteroatoms. The number of nitrogens with zero attached hydrogens (tertiary/aromatic N) is 1. The number of hydrogen-bond donors (Lipinski definition) is 0. The first kappa shape index (κ1) is 20.5. The van der Waals surface area contributed by atoms with Crippen molar-refractivity contribution in [1.82, 2.24) is 0 Å². The number of ketones is 1. The lowest BCUT2D eigenvalue weighted by atomic mass is 9.69. The fraction of sp³-hybridized carbons (Fsp3) is 0.440. The molecule has 2 fully saturated rings. The number of nitriles is 1. The van der Waals surface area contributed by atoms with Crippen LogP contribution in [0.2, 0.25) is 0 Å². The Labute approximate surface area is 181 Å². The van der Waals surface area contributed by atoms with Gasteiger partial charge in [0, 0.05) is 23.8 Å². The van der Waals surface area contributed by atoms with E-state index >= 15 is 0 Å². The molecule has 1 heterocycles. The summed E-state index contributed by atoms with van der Waals surface area (Å²) in [6.45, 7) is 0. The zero-order valence-electron chi connectivity index (χ0n) is 17.2. The molecule has 1 aromatic heterocycles. The van der Waals surface area contributed by atoms with E-state index in [4.69, 9.17) is 14.7 Å². The van der Waals surface area contributed by atoms with Gasteiger partial charge in [-0.2, -0.15) is 5.26 Å². The van der Waals surface area contributed by atoms with E-state index in [0.717, 1.165) is 35.5 Å². The molecule has 0 unspecified atom stereocenters. The summed E-state index contributed by atoms with van der Waals surface area (Å²) < 4.78 is 11.8. The summed E-state index contributed by atoms with van der Waals surface area (Å²) in [4.78, 5) is 12.6. The molecule has 4 nitrogen and oxygen atoms in total. The van der Waals surface area contributed by atoms with Gasteiger partial charge in [0.2, 0.25) is 0 Å². The fourth-order valence-electron chi connectivity index (χ4n) is 4.35. The number of rotatable bonds is 4. The van der Waals surface area contributed by atoms with Crippen molar-refractivity contribution in [1.29, 1.82) is 5.26 Å². The number of benzene rings is 1. The average molecular weight is 420 g/mol. The van der Waals surface area contributed by atoms with Crippen molar-refractivity contribution in [2.24, 2.45) is 0 Å². The second-order valence-corrected chi connectivity index (χ2v) is 8.98. The van der Waals surface area contributed by atoms with Crippen LogP contribution in [0.3, 0.4) is 0 Å². The van der Waals surface area contributed by atoms with Crippen LogP contribution in [0.1, 0.15) is 67.4 Å². The molecule has 0 saturated heterocycles. The largest absolute Gasteiger partial charge is 0.493 e. The number of methoxy groups -OCH3 is 1. The standard InChI is InChI=1S/C25H25NO3S/c1-28-23-7-6-19(15-24(23)29-21-4-2-3-5-21)25(12-9-20(27)10-13-25)11-8-18-14-22(16-26)30-17-18/h6-7,14-15,17,21H,2-5,9-10,12-13H2,1H3. The van der Waals surface area contributed by atoms with Gasteiger partial charge in [0.1, 0.15) is 16.7 Å². The number of ether oxygens (including phenoxy) is 2. The molecule has 0 aliphatic heterocycles. The van der Waals surface area contributed by atoms with Gasteiger partial charge in [-0.25, -0.2) is 0 Å². The Balaban J connectivity index is 1.70. The minimum Gasteiger partial charge on any atom is -0.493 e. The average Bonchev–Trinajstić information content (AvgIpc) is 3.45. The Hall–Kier alpha value is -2.76. The van der Waals surface area contributed by atoms with Crippen LogP contribution < -0.4 is 9.47 Å². The topological polar surface area (TPSA) is 59.3 Å². The van der Waals surface area contributed by atoms with Gasteiger partial charge in [0.25, 0.3) is 0 Å². The lowest BCUT2D eigenvalue weighted by molar-refractivity contribution is -0.120. The molecule has 0 N–H and O–H groups in total.